The molecule has 2 rings (SSSR count). The maximum Gasteiger partial charge on any atom is 0.350 e. The molecule has 0 bridgehead atoms. The molecule has 7 nitrogen and oxygen atoms in total. The largest absolute Gasteiger partial charge is 0.462 e. The van der Waals surface area contributed by atoms with Gasteiger partial charge < -0.3 is 15.4 Å². The number of thiazole rings is 2. The lowest BCUT2D eigenvalue weighted by Crippen LogP contribution is -2.39. The Morgan fingerprint density at radius 1 is 1.28 bits per heavy atom. The number of ether oxygens (including phenoxy) is 1. The molecule has 0 aromatic carbocycles. The molecule has 0 aliphatic rings. The highest BCUT2D eigenvalue weighted by atomic mass is 127. The molecule has 0 aliphatic heterocycles. The first-order valence-corrected chi connectivity index (χ1v) is 11.1. The van der Waals surface area contributed by atoms with Crippen molar-refractivity contribution in [1.29, 1.82) is 0 Å². The Balaban J connectivity index is 0.00000420. The second kappa shape index (κ2) is 12.4. The molecule has 2 heterocycles. The van der Waals surface area contributed by atoms with Crippen molar-refractivity contribution < 1.29 is 9.53 Å². The van der Waals surface area contributed by atoms with Crippen molar-refractivity contribution in [3.63, 3.8) is 0 Å². The zero-order valence-corrected chi connectivity index (χ0v) is 21.7. The van der Waals surface area contributed by atoms with Crippen molar-refractivity contribution in [2.45, 2.75) is 53.0 Å². The second-order valence-corrected chi connectivity index (χ2v) is 8.55. The molecule has 0 radical (unpaired) electrons. The molecule has 0 amide bonds. The van der Waals surface area contributed by atoms with Gasteiger partial charge in [-0.25, -0.2) is 14.8 Å². The number of nitrogens with zero attached hydrogens (tertiary/aromatic N) is 3. The third kappa shape index (κ3) is 7.49. The summed E-state index contributed by atoms with van der Waals surface area (Å²) in [4.78, 5) is 26.0. The van der Waals surface area contributed by atoms with Gasteiger partial charge in [-0.05, 0) is 20.8 Å². The predicted octanol–water partition coefficient (Wildman–Crippen LogP) is 4.29. The quantitative estimate of drug-likeness (QED) is 0.220. The van der Waals surface area contributed by atoms with Gasteiger partial charge in [-0.15, -0.1) is 46.7 Å². The summed E-state index contributed by atoms with van der Waals surface area (Å²) in [5, 5.41) is 10.7. The summed E-state index contributed by atoms with van der Waals surface area (Å²) in [6.45, 7) is 11.0. The maximum absolute atomic E-state index is 12.0. The number of carbonyl (C=O) groups excluding carboxylic acids is 1. The zero-order chi connectivity index (χ0) is 20.7. The summed E-state index contributed by atoms with van der Waals surface area (Å²) in [5.74, 6) is 0.836. The van der Waals surface area contributed by atoms with Crippen molar-refractivity contribution in [2.24, 2.45) is 4.99 Å². The van der Waals surface area contributed by atoms with E-state index in [-0.39, 0.29) is 36.0 Å². The third-order valence-electron chi connectivity index (χ3n) is 3.96. The molecular formula is C19H30IN5O2S2. The standard InChI is InChI=1S/C19H29N5O2S2.HI/c1-7-26-18(25)15-12(4)22-17(28-15)13(5)23-19(20-6)21-9-8-14-10-27-16(24-14)11(2)3;/h10-11,13H,7-9H2,1-6H3,(H2,20,21,23);1H. The van der Waals surface area contributed by atoms with Gasteiger partial charge in [0.05, 0.1) is 29.0 Å². The minimum Gasteiger partial charge on any atom is -0.462 e. The van der Waals surface area contributed by atoms with Crippen LogP contribution in [0.5, 0.6) is 0 Å². The number of rotatable bonds is 8. The average molecular weight is 552 g/mol. The topological polar surface area (TPSA) is 88.5 Å². The van der Waals surface area contributed by atoms with E-state index < -0.39 is 0 Å². The van der Waals surface area contributed by atoms with Gasteiger partial charge in [0.25, 0.3) is 0 Å². The van der Waals surface area contributed by atoms with Crippen molar-refractivity contribution in [2.75, 3.05) is 20.2 Å². The molecule has 2 N–H and O–H groups in total. The molecule has 0 saturated heterocycles. The number of hydrogen-bond donors (Lipinski definition) is 2. The van der Waals surface area contributed by atoms with E-state index >= 15 is 0 Å². The lowest BCUT2D eigenvalue weighted by atomic mass is 10.2. The fourth-order valence-electron chi connectivity index (χ4n) is 2.46. The van der Waals surface area contributed by atoms with E-state index in [1.54, 1.807) is 25.3 Å². The molecule has 0 aliphatic carbocycles. The number of aromatic nitrogens is 2. The van der Waals surface area contributed by atoms with Gasteiger partial charge in [0.1, 0.15) is 9.88 Å². The van der Waals surface area contributed by atoms with E-state index in [2.05, 4.69) is 44.8 Å². The van der Waals surface area contributed by atoms with E-state index in [1.165, 1.54) is 16.3 Å². The van der Waals surface area contributed by atoms with Crippen LogP contribution in [0.15, 0.2) is 10.4 Å². The Bertz CT molecular complexity index is 819. The predicted molar refractivity (Wildman–Crippen MR) is 131 cm³/mol. The molecular weight excluding hydrogens is 521 g/mol. The Hall–Kier alpha value is -1.27. The average Bonchev–Trinajstić information content (AvgIpc) is 3.28. The molecule has 0 spiro atoms. The minimum atomic E-state index is -0.317. The maximum atomic E-state index is 12.0. The van der Waals surface area contributed by atoms with Crippen molar-refractivity contribution >= 4 is 58.6 Å². The van der Waals surface area contributed by atoms with Gasteiger partial charge in [0.15, 0.2) is 5.96 Å². The van der Waals surface area contributed by atoms with Crippen LogP contribution in [0.4, 0.5) is 0 Å². The molecule has 1 atom stereocenters. The van der Waals surface area contributed by atoms with Gasteiger partial charge in [0.2, 0.25) is 0 Å². The minimum absolute atomic E-state index is 0. The molecule has 2 aromatic rings. The van der Waals surface area contributed by atoms with Crippen molar-refractivity contribution in [1.82, 2.24) is 20.6 Å². The fraction of sp³-hybridized carbons (Fsp3) is 0.579. The van der Waals surface area contributed by atoms with Gasteiger partial charge in [-0.3, -0.25) is 4.99 Å². The van der Waals surface area contributed by atoms with E-state index in [4.69, 9.17) is 4.74 Å². The lowest BCUT2D eigenvalue weighted by Gasteiger charge is -2.16. The summed E-state index contributed by atoms with van der Waals surface area (Å²) in [6, 6.07) is -0.0788. The number of nitrogens with one attached hydrogen (secondary N) is 2. The van der Waals surface area contributed by atoms with Crippen LogP contribution in [0.2, 0.25) is 0 Å². The van der Waals surface area contributed by atoms with Crippen LogP contribution in [0.1, 0.15) is 70.7 Å². The van der Waals surface area contributed by atoms with Gasteiger partial charge in [0, 0.05) is 31.3 Å². The second-order valence-electron chi connectivity index (χ2n) is 6.63. The number of halogens is 1. The summed E-state index contributed by atoms with van der Waals surface area (Å²) in [6.07, 6.45) is 0.835. The number of esters is 1. The number of aliphatic imine (C=N–C) groups is 1. The number of carbonyl (C=O) groups is 1. The summed E-state index contributed by atoms with van der Waals surface area (Å²) < 4.78 is 5.09. The zero-order valence-electron chi connectivity index (χ0n) is 17.7. The molecule has 0 fully saturated rings. The molecule has 1 unspecified atom stereocenters. The highest BCUT2D eigenvalue weighted by Crippen LogP contribution is 2.24. The van der Waals surface area contributed by atoms with E-state index in [0.29, 0.717) is 29.1 Å². The molecule has 0 saturated carbocycles. The Morgan fingerprint density at radius 2 is 2.00 bits per heavy atom. The van der Waals surface area contributed by atoms with Crippen LogP contribution in [0.25, 0.3) is 0 Å². The van der Waals surface area contributed by atoms with Gasteiger partial charge in [-0.1, -0.05) is 13.8 Å². The van der Waals surface area contributed by atoms with E-state index in [0.717, 1.165) is 23.7 Å². The highest BCUT2D eigenvalue weighted by Gasteiger charge is 2.20. The summed E-state index contributed by atoms with van der Waals surface area (Å²) >= 11 is 3.06. The monoisotopic (exact) mass is 551 g/mol. The van der Waals surface area contributed by atoms with Gasteiger partial charge in [-0.2, -0.15) is 0 Å². The van der Waals surface area contributed by atoms with Crippen LogP contribution < -0.4 is 10.6 Å². The smallest absolute Gasteiger partial charge is 0.350 e. The van der Waals surface area contributed by atoms with Crippen LogP contribution in [0.3, 0.4) is 0 Å². The lowest BCUT2D eigenvalue weighted by molar-refractivity contribution is 0.0531. The van der Waals surface area contributed by atoms with Crippen LogP contribution in [-0.4, -0.2) is 42.1 Å². The van der Waals surface area contributed by atoms with Crippen LogP contribution in [0, 0.1) is 6.92 Å². The van der Waals surface area contributed by atoms with E-state index in [9.17, 15) is 4.79 Å². The first kappa shape index (κ1) is 25.8. The van der Waals surface area contributed by atoms with Crippen LogP contribution in [-0.2, 0) is 11.2 Å². The van der Waals surface area contributed by atoms with E-state index in [1.807, 2.05) is 13.8 Å². The third-order valence-corrected chi connectivity index (χ3v) is 6.47. The Labute approximate surface area is 197 Å². The van der Waals surface area contributed by atoms with Crippen molar-refractivity contribution in [3.05, 3.63) is 31.7 Å². The summed E-state index contributed by atoms with van der Waals surface area (Å²) in [7, 11) is 1.74. The van der Waals surface area contributed by atoms with Gasteiger partial charge >= 0.3 is 5.97 Å². The molecule has 162 valence electrons. The number of aryl methyl sites for hydroxylation is 1. The normalized spacial score (nSPS) is 12.4. The molecule has 29 heavy (non-hydrogen) atoms. The molecule has 2 aromatic heterocycles. The fourth-order valence-corrected chi connectivity index (χ4v) is 4.29. The Kier molecular flexibility index (Phi) is 11.0. The molecule has 10 heteroatoms. The first-order valence-electron chi connectivity index (χ1n) is 9.41. The number of guanidine groups is 1. The highest BCUT2D eigenvalue weighted by molar-refractivity contribution is 14.0. The van der Waals surface area contributed by atoms with Crippen LogP contribution >= 0.6 is 46.7 Å². The van der Waals surface area contributed by atoms with Crippen molar-refractivity contribution in [3.8, 4) is 0 Å². The summed E-state index contributed by atoms with van der Waals surface area (Å²) in [5.41, 5.74) is 1.79. The SMILES string of the molecule is CCOC(=O)c1sc(C(C)NC(=NC)NCCc2csc(C(C)C)n2)nc1C.I. The number of hydrogen-bond acceptors (Lipinski definition) is 7. The Morgan fingerprint density at radius 3 is 2.59 bits per heavy atom. The first-order chi connectivity index (χ1) is 13.3.